The van der Waals surface area contributed by atoms with Crippen molar-refractivity contribution in [3.63, 3.8) is 0 Å². The van der Waals surface area contributed by atoms with E-state index in [1.165, 1.54) is 12.5 Å². The summed E-state index contributed by atoms with van der Waals surface area (Å²) in [5, 5.41) is 5.18. The van der Waals surface area contributed by atoms with E-state index in [-0.39, 0.29) is 12.3 Å². The van der Waals surface area contributed by atoms with Crippen molar-refractivity contribution in [1.29, 1.82) is 0 Å². The van der Waals surface area contributed by atoms with Crippen LogP contribution in [0.4, 0.5) is 0 Å². The molecule has 0 radical (unpaired) electrons. The van der Waals surface area contributed by atoms with Gasteiger partial charge in [0.05, 0.1) is 18.3 Å². The maximum atomic E-state index is 12.7. The molecule has 0 aliphatic heterocycles. The first-order valence-corrected chi connectivity index (χ1v) is 8.96. The Balaban J connectivity index is 1.60. The third-order valence-electron chi connectivity index (χ3n) is 4.29. The summed E-state index contributed by atoms with van der Waals surface area (Å²) in [6.45, 7) is 1.99. The molecule has 0 bridgehead atoms. The second-order valence-corrected chi connectivity index (χ2v) is 6.82. The highest BCUT2D eigenvalue weighted by Gasteiger charge is 2.13. The van der Waals surface area contributed by atoms with Crippen molar-refractivity contribution >= 4 is 28.5 Å². The SMILES string of the molecule is Cc1ccc(-n2ncc3c(=O)n(NC(=O)Cc4ccc(Cl)cc4)cnc32)cc1. The van der Waals surface area contributed by atoms with Crippen molar-refractivity contribution < 1.29 is 4.79 Å². The maximum absolute atomic E-state index is 12.7. The maximum Gasteiger partial charge on any atom is 0.283 e. The van der Waals surface area contributed by atoms with E-state index in [4.69, 9.17) is 11.6 Å². The average Bonchev–Trinajstić information content (AvgIpc) is 3.11. The van der Waals surface area contributed by atoms with Crippen molar-refractivity contribution in [1.82, 2.24) is 19.4 Å². The van der Waals surface area contributed by atoms with E-state index < -0.39 is 5.56 Å². The van der Waals surface area contributed by atoms with Gasteiger partial charge in [0, 0.05) is 5.02 Å². The van der Waals surface area contributed by atoms with E-state index in [0.717, 1.165) is 21.5 Å². The number of benzene rings is 2. The lowest BCUT2D eigenvalue weighted by Gasteiger charge is -2.08. The predicted molar refractivity (Wildman–Crippen MR) is 107 cm³/mol. The Kier molecular flexibility index (Phi) is 4.67. The quantitative estimate of drug-likeness (QED) is 0.578. The Morgan fingerprint density at radius 1 is 1.11 bits per heavy atom. The third-order valence-corrected chi connectivity index (χ3v) is 4.54. The lowest BCUT2D eigenvalue weighted by atomic mass is 10.1. The van der Waals surface area contributed by atoms with E-state index in [1.807, 2.05) is 31.2 Å². The Morgan fingerprint density at radius 3 is 2.54 bits per heavy atom. The van der Waals surface area contributed by atoms with Gasteiger partial charge in [-0.15, -0.1) is 0 Å². The number of hydrogen-bond donors (Lipinski definition) is 1. The molecule has 140 valence electrons. The highest BCUT2D eigenvalue weighted by Crippen LogP contribution is 2.14. The molecule has 28 heavy (non-hydrogen) atoms. The monoisotopic (exact) mass is 393 g/mol. The van der Waals surface area contributed by atoms with Crippen LogP contribution in [0.15, 0.2) is 65.8 Å². The highest BCUT2D eigenvalue weighted by molar-refractivity contribution is 6.30. The van der Waals surface area contributed by atoms with Gasteiger partial charge in [-0.2, -0.15) is 5.10 Å². The van der Waals surface area contributed by atoms with Crippen molar-refractivity contribution in [2.24, 2.45) is 0 Å². The van der Waals surface area contributed by atoms with E-state index in [1.54, 1.807) is 28.9 Å². The fraction of sp³-hybridized carbons (Fsp3) is 0.100. The van der Waals surface area contributed by atoms with E-state index in [2.05, 4.69) is 15.5 Å². The Bertz CT molecular complexity index is 1210. The number of aromatic nitrogens is 4. The van der Waals surface area contributed by atoms with Gasteiger partial charge in [-0.25, -0.2) is 14.3 Å². The standard InChI is InChI=1S/C20H16ClN5O2/c1-13-2-8-16(9-3-13)26-19-17(11-23-26)20(28)25(12-22-19)24-18(27)10-14-4-6-15(21)7-5-14/h2-9,11-12H,10H2,1H3,(H,24,27). The van der Waals surface area contributed by atoms with Gasteiger partial charge in [0.1, 0.15) is 11.7 Å². The Hall–Kier alpha value is -3.45. The smallest absolute Gasteiger partial charge is 0.273 e. The molecule has 2 aromatic heterocycles. The number of aryl methyl sites for hydroxylation is 1. The summed E-state index contributed by atoms with van der Waals surface area (Å²) in [4.78, 5) is 29.3. The van der Waals surface area contributed by atoms with Crippen molar-refractivity contribution in [2.75, 3.05) is 5.43 Å². The molecule has 0 aliphatic carbocycles. The molecule has 4 rings (SSSR count). The summed E-state index contributed by atoms with van der Waals surface area (Å²) < 4.78 is 2.66. The fourth-order valence-corrected chi connectivity index (χ4v) is 2.95. The molecule has 0 atom stereocenters. The van der Waals surface area contributed by atoms with Crippen LogP contribution in [0.3, 0.4) is 0 Å². The van der Waals surface area contributed by atoms with Crippen LogP contribution in [0.1, 0.15) is 11.1 Å². The molecular weight excluding hydrogens is 378 g/mol. The third kappa shape index (κ3) is 3.52. The van der Waals surface area contributed by atoms with Crippen LogP contribution in [0.5, 0.6) is 0 Å². The number of rotatable bonds is 4. The summed E-state index contributed by atoms with van der Waals surface area (Å²) in [5.74, 6) is -0.337. The zero-order valence-corrected chi connectivity index (χ0v) is 15.7. The molecule has 0 spiro atoms. The second-order valence-electron chi connectivity index (χ2n) is 6.39. The van der Waals surface area contributed by atoms with Gasteiger partial charge in [-0.05, 0) is 36.8 Å². The van der Waals surface area contributed by atoms with E-state index >= 15 is 0 Å². The van der Waals surface area contributed by atoms with E-state index in [9.17, 15) is 9.59 Å². The number of halogens is 1. The summed E-state index contributed by atoms with van der Waals surface area (Å²) in [5.41, 5.74) is 5.30. The summed E-state index contributed by atoms with van der Waals surface area (Å²) >= 11 is 5.85. The summed E-state index contributed by atoms with van der Waals surface area (Å²) in [7, 11) is 0. The molecule has 7 nitrogen and oxygen atoms in total. The zero-order valence-electron chi connectivity index (χ0n) is 15.0. The molecule has 0 saturated carbocycles. The number of carbonyl (C=O) groups excluding carboxylic acids is 1. The normalized spacial score (nSPS) is 10.9. The van der Waals surface area contributed by atoms with E-state index in [0.29, 0.717) is 16.1 Å². The first-order chi connectivity index (χ1) is 13.5. The van der Waals surface area contributed by atoms with Gasteiger partial charge in [0.15, 0.2) is 5.65 Å². The van der Waals surface area contributed by atoms with Gasteiger partial charge >= 0.3 is 0 Å². The van der Waals surface area contributed by atoms with Gasteiger partial charge in [0.2, 0.25) is 5.91 Å². The summed E-state index contributed by atoms with van der Waals surface area (Å²) in [6, 6.07) is 14.7. The molecule has 0 unspecified atom stereocenters. The van der Waals surface area contributed by atoms with Crippen LogP contribution in [-0.4, -0.2) is 25.3 Å². The molecule has 4 aromatic rings. The van der Waals surface area contributed by atoms with Gasteiger partial charge in [-0.1, -0.05) is 41.4 Å². The molecular formula is C20H16ClN5O2. The number of nitrogens with zero attached hydrogens (tertiary/aromatic N) is 4. The summed E-state index contributed by atoms with van der Waals surface area (Å²) in [6.07, 6.45) is 2.85. The molecule has 1 amide bonds. The number of nitrogens with one attached hydrogen (secondary N) is 1. The number of hydrogen-bond acceptors (Lipinski definition) is 4. The molecule has 2 heterocycles. The first-order valence-electron chi connectivity index (χ1n) is 8.58. The number of carbonyl (C=O) groups is 1. The van der Waals surface area contributed by atoms with Gasteiger partial charge in [0.25, 0.3) is 5.56 Å². The average molecular weight is 394 g/mol. The molecule has 1 N–H and O–H groups in total. The van der Waals surface area contributed by atoms with Crippen molar-refractivity contribution in [3.05, 3.63) is 87.6 Å². The largest absolute Gasteiger partial charge is 0.283 e. The van der Waals surface area contributed by atoms with Gasteiger partial charge in [-0.3, -0.25) is 15.0 Å². The minimum absolute atomic E-state index is 0.115. The van der Waals surface area contributed by atoms with Crippen molar-refractivity contribution in [2.45, 2.75) is 13.3 Å². The predicted octanol–water partition coefficient (Wildman–Crippen LogP) is 2.86. The van der Waals surface area contributed by atoms with Crippen molar-refractivity contribution in [3.8, 4) is 5.69 Å². The van der Waals surface area contributed by atoms with Crippen LogP contribution in [-0.2, 0) is 11.2 Å². The Morgan fingerprint density at radius 2 is 1.82 bits per heavy atom. The van der Waals surface area contributed by atoms with Gasteiger partial charge < -0.3 is 0 Å². The Labute approximate surface area is 165 Å². The molecule has 0 fully saturated rings. The van der Waals surface area contributed by atoms with Crippen LogP contribution in [0.2, 0.25) is 5.02 Å². The van der Waals surface area contributed by atoms with Crippen LogP contribution in [0.25, 0.3) is 16.7 Å². The van der Waals surface area contributed by atoms with Crippen LogP contribution in [0, 0.1) is 6.92 Å². The minimum atomic E-state index is -0.396. The highest BCUT2D eigenvalue weighted by atomic mass is 35.5. The fourth-order valence-electron chi connectivity index (χ4n) is 2.83. The lowest BCUT2D eigenvalue weighted by Crippen LogP contribution is -2.34. The lowest BCUT2D eigenvalue weighted by molar-refractivity contribution is -0.116. The second kappa shape index (κ2) is 7.28. The number of fused-ring (bicyclic) bond motifs is 1. The molecule has 2 aromatic carbocycles. The molecule has 0 saturated heterocycles. The van der Waals surface area contributed by atoms with Crippen LogP contribution < -0.4 is 11.0 Å². The first kappa shape index (κ1) is 17.9. The molecule has 8 heteroatoms. The zero-order chi connectivity index (χ0) is 19.7. The topological polar surface area (TPSA) is 81.8 Å². The molecule has 0 aliphatic rings. The minimum Gasteiger partial charge on any atom is -0.273 e. The van der Waals surface area contributed by atoms with Crippen LogP contribution >= 0.6 is 11.6 Å². The number of amides is 1.